The molecule has 0 heterocycles. The summed E-state index contributed by atoms with van der Waals surface area (Å²) in [5, 5.41) is 3.16. The van der Waals surface area contributed by atoms with Gasteiger partial charge in [0.15, 0.2) is 0 Å². The van der Waals surface area contributed by atoms with Crippen LogP contribution in [-0.4, -0.2) is 6.54 Å². The monoisotopic (exact) mass is 329 g/mol. The Morgan fingerprint density at radius 2 is 1.63 bits per heavy atom. The second-order valence-corrected chi connectivity index (χ2v) is 5.94. The normalized spacial score (nSPS) is 10.7. The lowest BCUT2D eigenvalue weighted by Crippen LogP contribution is -2.03. The first kappa shape index (κ1) is 16.5. The molecule has 0 saturated heterocycles. The molecule has 1 nitrogen and oxygen atoms in total. The fraction of sp³-hybridized carbons (Fsp3) is 0.625. The third-order valence-electron chi connectivity index (χ3n) is 3.28. The van der Waals surface area contributed by atoms with E-state index in [0.29, 0.717) is 5.69 Å². The van der Waals surface area contributed by atoms with Gasteiger partial charge in [-0.25, -0.2) is 4.39 Å². The van der Waals surface area contributed by atoms with E-state index in [1.54, 1.807) is 6.07 Å². The lowest BCUT2D eigenvalue weighted by atomic mass is 10.1. The Kier molecular flexibility index (Phi) is 8.89. The van der Waals surface area contributed by atoms with Crippen LogP contribution in [-0.2, 0) is 0 Å². The Hall–Kier alpha value is -0.570. The first-order chi connectivity index (χ1) is 9.24. The van der Waals surface area contributed by atoms with Gasteiger partial charge in [0.1, 0.15) is 5.82 Å². The molecule has 0 amide bonds. The Morgan fingerprint density at radius 3 is 2.26 bits per heavy atom. The average molecular weight is 330 g/mol. The number of halogens is 2. The molecule has 3 heteroatoms. The maximum absolute atomic E-state index is 13.5. The van der Waals surface area contributed by atoms with Crippen LogP contribution in [0.1, 0.15) is 58.3 Å². The van der Waals surface area contributed by atoms with Crippen LogP contribution in [0.5, 0.6) is 0 Å². The van der Waals surface area contributed by atoms with Crippen molar-refractivity contribution < 1.29 is 4.39 Å². The molecule has 1 rings (SSSR count). The van der Waals surface area contributed by atoms with Crippen LogP contribution in [0.3, 0.4) is 0 Å². The van der Waals surface area contributed by atoms with Gasteiger partial charge in [0.05, 0.1) is 5.69 Å². The smallest absolute Gasteiger partial charge is 0.147 e. The van der Waals surface area contributed by atoms with E-state index in [4.69, 9.17) is 0 Å². The standard InChI is InChI=1S/C16H25BrFN/c1-2-3-4-5-6-7-8-9-12-19-16-11-10-14(17)13-15(16)18/h10-11,13,19H,2-9,12H2,1H3. The summed E-state index contributed by atoms with van der Waals surface area (Å²) in [5.74, 6) is -0.186. The van der Waals surface area contributed by atoms with E-state index in [9.17, 15) is 4.39 Å². The van der Waals surface area contributed by atoms with Gasteiger partial charge in [-0.15, -0.1) is 0 Å². The third kappa shape index (κ3) is 7.56. The molecule has 1 aromatic carbocycles. The van der Waals surface area contributed by atoms with Crippen molar-refractivity contribution in [2.75, 3.05) is 11.9 Å². The minimum absolute atomic E-state index is 0.186. The molecule has 1 aromatic rings. The first-order valence-electron chi connectivity index (χ1n) is 7.43. The van der Waals surface area contributed by atoms with Gasteiger partial charge in [-0.3, -0.25) is 0 Å². The van der Waals surface area contributed by atoms with Crippen LogP contribution < -0.4 is 5.32 Å². The molecular weight excluding hydrogens is 305 g/mol. The van der Waals surface area contributed by atoms with Crippen LogP contribution in [0.25, 0.3) is 0 Å². The topological polar surface area (TPSA) is 12.0 Å². The van der Waals surface area contributed by atoms with E-state index >= 15 is 0 Å². The number of unbranched alkanes of at least 4 members (excludes halogenated alkanes) is 7. The predicted octanol–water partition coefficient (Wildman–Crippen LogP) is 6.14. The molecule has 1 N–H and O–H groups in total. The number of hydrogen-bond acceptors (Lipinski definition) is 1. The summed E-state index contributed by atoms with van der Waals surface area (Å²) in [5.41, 5.74) is 0.603. The highest BCUT2D eigenvalue weighted by Crippen LogP contribution is 2.19. The number of hydrogen-bond donors (Lipinski definition) is 1. The number of rotatable bonds is 10. The summed E-state index contributed by atoms with van der Waals surface area (Å²) in [6.07, 6.45) is 10.4. The van der Waals surface area contributed by atoms with Crippen molar-refractivity contribution in [2.45, 2.75) is 58.3 Å². The highest BCUT2D eigenvalue weighted by atomic mass is 79.9. The summed E-state index contributed by atoms with van der Waals surface area (Å²) < 4.78 is 14.3. The van der Waals surface area contributed by atoms with E-state index in [1.807, 2.05) is 6.07 Å². The van der Waals surface area contributed by atoms with Gasteiger partial charge >= 0.3 is 0 Å². The number of nitrogens with one attached hydrogen (secondary N) is 1. The molecule has 0 atom stereocenters. The molecule has 0 aliphatic carbocycles. The molecule has 0 unspecified atom stereocenters. The van der Waals surface area contributed by atoms with Crippen molar-refractivity contribution >= 4 is 21.6 Å². The van der Waals surface area contributed by atoms with Crippen molar-refractivity contribution in [3.63, 3.8) is 0 Å². The van der Waals surface area contributed by atoms with E-state index in [1.165, 1.54) is 51.0 Å². The molecule has 0 saturated carbocycles. The quantitative estimate of drug-likeness (QED) is 0.508. The Morgan fingerprint density at radius 1 is 1.00 bits per heavy atom. The van der Waals surface area contributed by atoms with E-state index in [0.717, 1.165) is 17.4 Å². The van der Waals surface area contributed by atoms with Crippen molar-refractivity contribution in [3.8, 4) is 0 Å². The van der Waals surface area contributed by atoms with E-state index in [2.05, 4.69) is 28.2 Å². The summed E-state index contributed by atoms with van der Waals surface area (Å²) in [7, 11) is 0. The number of benzene rings is 1. The second kappa shape index (κ2) is 10.2. The molecule has 0 aromatic heterocycles. The SMILES string of the molecule is CCCCCCCCCCNc1ccc(Br)cc1F. The fourth-order valence-electron chi connectivity index (χ4n) is 2.11. The minimum atomic E-state index is -0.186. The van der Waals surface area contributed by atoms with Crippen LogP contribution in [0.15, 0.2) is 22.7 Å². The van der Waals surface area contributed by atoms with Crippen molar-refractivity contribution in [3.05, 3.63) is 28.5 Å². The van der Waals surface area contributed by atoms with Gasteiger partial charge in [0, 0.05) is 11.0 Å². The van der Waals surface area contributed by atoms with Gasteiger partial charge < -0.3 is 5.32 Å². The van der Waals surface area contributed by atoms with Gasteiger partial charge in [0.25, 0.3) is 0 Å². The van der Waals surface area contributed by atoms with E-state index in [-0.39, 0.29) is 5.82 Å². The van der Waals surface area contributed by atoms with Crippen molar-refractivity contribution in [1.29, 1.82) is 0 Å². The summed E-state index contributed by atoms with van der Waals surface area (Å²) >= 11 is 3.26. The van der Waals surface area contributed by atoms with Gasteiger partial charge in [-0.2, -0.15) is 0 Å². The molecule has 0 spiro atoms. The van der Waals surface area contributed by atoms with Gasteiger partial charge in [-0.1, -0.05) is 67.8 Å². The predicted molar refractivity (Wildman–Crippen MR) is 85.2 cm³/mol. The number of anilines is 1. The van der Waals surface area contributed by atoms with Gasteiger partial charge in [0.2, 0.25) is 0 Å². The molecule has 0 aliphatic rings. The molecular formula is C16H25BrFN. The minimum Gasteiger partial charge on any atom is -0.383 e. The maximum atomic E-state index is 13.5. The van der Waals surface area contributed by atoms with Crippen LogP contribution in [0, 0.1) is 5.82 Å². The lowest BCUT2D eigenvalue weighted by Gasteiger charge is -2.07. The second-order valence-electron chi connectivity index (χ2n) is 5.03. The average Bonchev–Trinajstić information content (AvgIpc) is 2.39. The zero-order valence-corrected chi connectivity index (χ0v) is 13.4. The van der Waals surface area contributed by atoms with Crippen molar-refractivity contribution in [1.82, 2.24) is 0 Å². The van der Waals surface area contributed by atoms with Crippen LogP contribution in [0.4, 0.5) is 10.1 Å². The molecule has 0 radical (unpaired) electrons. The Labute approximate surface area is 125 Å². The Balaban J connectivity index is 2.01. The first-order valence-corrected chi connectivity index (χ1v) is 8.22. The van der Waals surface area contributed by atoms with E-state index < -0.39 is 0 Å². The largest absolute Gasteiger partial charge is 0.383 e. The zero-order valence-electron chi connectivity index (χ0n) is 11.9. The fourth-order valence-corrected chi connectivity index (χ4v) is 2.45. The molecule has 0 bridgehead atoms. The Bertz CT molecular complexity index is 355. The van der Waals surface area contributed by atoms with Crippen LogP contribution >= 0.6 is 15.9 Å². The van der Waals surface area contributed by atoms with Crippen LogP contribution in [0.2, 0.25) is 0 Å². The molecule has 19 heavy (non-hydrogen) atoms. The summed E-state index contributed by atoms with van der Waals surface area (Å²) in [6, 6.07) is 5.14. The highest BCUT2D eigenvalue weighted by molar-refractivity contribution is 9.10. The molecule has 0 fully saturated rings. The third-order valence-corrected chi connectivity index (χ3v) is 3.77. The zero-order chi connectivity index (χ0) is 13.9. The molecule has 0 aliphatic heterocycles. The molecule has 108 valence electrons. The summed E-state index contributed by atoms with van der Waals surface area (Å²) in [6.45, 7) is 3.10. The van der Waals surface area contributed by atoms with Crippen molar-refractivity contribution in [2.24, 2.45) is 0 Å². The maximum Gasteiger partial charge on any atom is 0.147 e. The summed E-state index contributed by atoms with van der Waals surface area (Å²) in [4.78, 5) is 0. The lowest BCUT2D eigenvalue weighted by molar-refractivity contribution is 0.580. The van der Waals surface area contributed by atoms with Gasteiger partial charge in [-0.05, 0) is 24.6 Å². The highest BCUT2D eigenvalue weighted by Gasteiger charge is 2.01.